The minimum absolute atomic E-state index is 0.311. The topological polar surface area (TPSA) is 48.5 Å². The first-order valence-corrected chi connectivity index (χ1v) is 16.5. The van der Waals surface area contributed by atoms with Crippen LogP contribution in [0.25, 0.3) is 78.4 Å². The number of fused-ring (bicyclic) bond motifs is 7. The van der Waals surface area contributed by atoms with Gasteiger partial charge in [0.05, 0.1) is 16.7 Å². The van der Waals surface area contributed by atoms with E-state index < -0.39 is 0 Å². The first-order chi connectivity index (χ1) is 23.7. The number of nitrogens with zero attached hydrogens (tertiary/aromatic N) is 5. The van der Waals surface area contributed by atoms with E-state index in [1.165, 1.54) is 32.8 Å². The Balaban J connectivity index is 1.28. The largest absolute Gasteiger partial charge is 0.293 e. The van der Waals surface area contributed by atoms with E-state index >= 15 is 0 Å². The molecule has 0 atom stereocenters. The molecule has 0 saturated carbocycles. The molecule has 0 spiro atoms. The van der Waals surface area contributed by atoms with Gasteiger partial charge in [-0.05, 0) is 59.7 Å². The highest BCUT2D eigenvalue weighted by atomic mass is 32.2. The van der Waals surface area contributed by atoms with Gasteiger partial charge in [-0.2, -0.15) is 9.97 Å². The monoisotopic (exact) mass is 637 g/mol. The van der Waals surface area contributed by atoms with Crippen molar-refractivity contribution in [2.75, 3.05) is 0 Å². The summed E-state index contributed by atoms with van der Waals surface area (Å²) < 4.78 is 18.6. The second-order valence-electron chi connectivity index (χ2n) is 11.8. The quantitative estimate of drug-likeness (QED) is 0.193. The fourth-order valence-electron chi connectivity index (χ4n) is 6.89. The zero-order valence-corrected chi connectivity index (χ0v) is 26.2. The molecule has 0 radical (unpaired) electrons. The number of benzene rings is 6. The van der Waals surface area contributed by atoms with E-state index in [2.05, 4.69) is 100 Å². The normalized spacial score (nSPS) is 12.2. The van der Waals surface area contributed by atoms with Gasteiger partial charge in [0.2, 0.25) is 5.95 Å². The highest BCUT2D eigenvalue weighted by Gasteiger charge is 2.28. The molecular weight excluding hydrogens is 614 g/mol. The third kappa shape index (κ3) is 4.08. The van der Waals surface area contributed by atoms with Crippen LogP contribution in [0.4, 0.5) is 4.39 Å². The third-order valence-electron chi connectivity index (χ3n) is 9.06. The smallest absolute Gasteiger partial charge is 0.239 e. The van der Waals surface area contributed by atoms with Crippen LogP contribution in [0.3, 0.4) is 0 Å². The molecular formula is C41H24FN5S. The third-order valence-corrected chi connectivity index (χ3v) is 10.2. The van der Waals surface area contributed by atoms with Crippen molar-refractivity contribution in [3.8, 4) is 45.5 Å². The maximum atomic E-state index is 14.1. The Morgan fingerprint density at radius 3 is 1.88 bits per heavy atom. The maximum Gasteiger partial charge on any atom is 0.239 e. The lowest BCUT2D eigenvalue weighted by Crippen LogP contribution is -2.10. The summed E-state index contributed by atoms with van der Waals surface area (Å²) in [5, 5.41) is 3.46. The zero-order valence-electron chi connectivity index (χ0n) is 25.4. The standard InChI is InChI=1S/C41H24FN5S/c42-29-23-21-28(22-24-29)39-43-38(27-19-17-26(18-20-27)25-9-2-1-3-10-25)44-41(45-39)47-32-13-5-4-11-30(32)36-31-12-8-16-35-37(31)46(40(36)47)33-14-6-7-15-34(33)48-35/h1-24H. The average molecular weight is 638 g/mol. The van der Waals surface area contributed by atoms with E-state index in [1.807, 2.05) is 30.3 Å². The van der Waals surface area contributed by atoms with Crippen molar-refractivity contribution in [3.05, 3.63) is 151 Å². The highest BCUT2D eigenvalue weighted by Crippen LogP contribution is 2.49. The molecule has 1 aliphatic rings. The fraction of sp³-hybridized carbons (Fsp3) is 0. The molecule has 3 aromatic heterocycles. The van der Waals surface area contributed by atoms with E-state index in [0.717, 1.165) is 44.3 Å². The molecule has 0 unspecified atom stereocenters. The Morgan fingerprint density at radius 1 is 0.479 bits per heavy atom. The Kier molecular flexibility index (Phi) is 5.92. The summed E-state index contributed by atoms with van der Waals surface area (Å²) in [6.07, 6.45) is 0. The van der Waals surface area contributed by atoms with Gasteiger partial charge in [0.1, 0.15) is 11.5 Å². The molecule has 226 valence electrons. The number of para-hydroxylation sites is 3. The van der Waals surface area contributed by atoms with Crippen LogP contribution in [-0.4, -0.2) is 24.1 Å². The minimum atomic E-state index is -0.311. The summed E-state index contributed by atoms with van der Waals surface area (Å²) in [7, 11) is 0. The molecule has 0 amide bonds. The molecule has 4 heterocycles. The Bertz CT molecular complexity index is 2690. The first kappa shape index (κ1) is 27.1. The molecule has 0 N–H and O–H groups in total. The molecule has 9 aromatic rings. The van der Waals surface area contributed by atoms with E-state index in [0.29, 0.717) is 23.2 Å². The zero-order chi connectivity index (χ0) is 31.8. The van der Waals surface area contributed by atoms with E-state index in [1.54, 1.807) is 23.9 Å². The van der Waals surface area contributed by atoms with Gasteiger partial charge in [-0.25, -0.2) is 9.37 Å². The summed E-state index contributed by atoms with van der Waals surface area (Å²) in [5.74, 6) is 1.19. The van der Waals surface area contributed by atoms with Crippen molar-refractivity contribution < 1.29 is 4.39 Å². The molecule has 5 nitrogen and oxygen atoms in total. The molecule has 7 heteroatoms. The second kappa shape index (κ2) is 10.5. The van der Waals surface area contributed by atoms with Crippen LogP contribution in [0, 0.1) is 5.82 Å². The van der Waals surface area contributed by atoms with E-state index in [-0.39, 0.29) is 5.82 Å². The number of hydrogen-bond donors (Lipinski definition) is 0. The molecule has 0 saturated heterocycles. The number of rotatable bonds is 4. The number of halogens is 1. The van der Waals surface area contributed by atoms with Crippen molar-refractivity contribution in [3.63, 3.8) is 0 Å². The van der Waals surface area contributed by atoms with Crippen LogP contribution in [0.5, 0.6) is 0 Å². The Morgan fingerprint density at radius 2 is 1.08 bits per heavy atom. The van der Waals surface area contributed by atoms with Crippen LogP contribution in [0.15, 0.2) is 155 Å². The summed E-state index contributed by atoms with van der Waals surface area (Å²) in [4.78, 5) is 17.6. The van der Waals surface area contributed by atoms with Crippen molar-refractivity contribution in [1.82, 2.24) is 24.1 Å². The SMILES string of the molecule is Fc1ccc(-c2nc(-c3ccc(-c4ccccc4)cc3)nc(-n3c4ccccc4c4c5cccc6c5n(c43)-c3ccccc3S6)n2)cc1. The predicted molar refractivity (Wildman–Crippen MR) is 191 cm³/mol. The van der Waals surface area contributed by atoms with Crippen LogP contribution in [-0.2, 0) is 0 Å². The van der Waals surface area contributed by atoms with Crippen molar-refractivity contribution in [1.29, 1.82) is 0 Å². The van der Waals surface area contributed by atoms with Crippen LogP contribution in [0.2, 0.25) is 0 Å². The molecule has 0 bridgehead atoms. The molecule has 0 fully saturated rings. The lowest BCUT2D eigenvalue weighted by molar-refractivity contribution is 0.628. The molecule has 10 rings (SSSR count). The highest BCUT2D eigenvalue weighted by molar-refractivity contribution is 7.99. The fourth-order valence-corrected chi connectivity index (χ4v) is 7.99. The maximum absolute atomic E-state index is 14.1. The first-order valence-electron chi connectivity index (χ1n) is 15.7. The average Bonchev–Trinajstić information content (AvgIpc) is 3.66. The van der Waals surface area contributed by atoms with Gasteiger partial charge in [0.25, 0.3) is 0 Å². The van der Waals surface area contributed by atoms with Gasteiger partial charge in [-0.3, -0.25) is 9.13 Å². The Hall–Kier alpha value is -6.05. The molecule has 0 aliphatic carbocycles. The lowest BCUT2D eigenvalue weighted by atomic mass is 10.0. The van der Waals surface area contributed by atoms with Gasteiger partial charge in [-0.1, -0.05) is 109 Å². The predicted octanol–water partition coefficient (Wildman–Crippen LogP) is 10.5. The Labute approximate surface area is 279 Å². The van der Waals surface area contributed by atoms with Crippen LogP contribution < -0.4 is 0 Å². The second-order valence-corrected chi connectivity index (χ2v) is 12.9. The van der Waals surface area contributed by atoms with E-state index in [4.69, 9.17) is 15.0 Å². The van der Waals surface area contributed by atoms with E-state index in [9.17, 15) is 4.39 Å². The van der Waals surface area contributed by atoms with Gasteiger partial charge >= 0.3 is 0 Å². The van der Waals surface area contributed by atoms with Crippen molar-refractivity contribution >= 4 is 44.6 Å². The summed E-state index contributed by atoms with van der Waals surface area (Å²) in [5.41, 5.74) is 8.10. The van der Waals surface area contributed by atoms with Gasteiger partial charge in [-0.15, -0.1) is 0 Å². The summed E-state index contributed by atoms with van der Waals surface area (Å²) in [6, 6.07) is 48.4. The van der Waals surface area contributed by atoms with Gasteiger partial charge < -0.3 is 0 Å². The summed E-state index contributed by atoms with van der Waals surface area (Å²) >= 11 is 1.80. The van der Waals surface area contributed by atoms with Gasteiger partial charge in [0.15, 0.2) is 11.6 Å². The van der Waals surface area contributed by atoms with Crippen molar-refractivity contribution in [2.45, 2.75) is 9.79 Å². The molecule has 6 aromatic carbocycles. The molecule has 1 aliphatic heterocycles. The van der Waals surface area contributed by atoms with Gasteiger partial charge in [0, 0.05) is 37.1 Å². The van der Waals surface area contributed by atoms with Crippen LogP contribution in [0.1, 0.15) is 0 Å². The number of hydrogen-bond acceptors (Lipinski definition) is 4. The van der Waals surface area contributed by atoms with Crippen molar-refractivity contribution in [2.24, 2.45) is 0 Å². The molecule has 48 heavy (non-hydrogen) atoms. The number of aromatic nitrogens is 5. The van der Waals surface area contributed by atoms with Crippen LogP contribution >= 0.6 is 11.8 Å². The minimum Gasteiger partial charge on any atom is -0.293 e. The summed E-state index contributed by atoms with van der Waals surface area (Å²) in [6.45, 7) is 0. The lowest BCUT2D eigenvalue weighted by Gasteiger charge is -2.20.